The summed E-state index contributed by atoms with van der Waals surface area (Å²) in [6, 6.07) is 4.04. The molecule has 1 fully saturated rings. The standard InChI is InChI=1S/C17H20N6OS/c1-12-14(11-25-21-12)17-19-16(20-24-17)13-4-5-15(18-10-13)23-7-3-6-22(2)8-9-23/h4-5,10-11H,3,6-9H2,1-2H3. The second kappa shape index (κ2) is 6.89. The Morgan fingerprint density at radius 3 is 2.84 bits per heavy atom. The molecule has 0 aliphatic carbocycles. The van der Waals surface area contributed by atoms with Gasteiger partial charge in [0.25, 0.3) is 5.89 Å². The lowest BCUT2D eigenvalue weighted by molar-refractivity contribution is 0.360. The largest absolute Gasteiger partial charge is 0.355 e. The molecule has 0 spiro atoms. The first kappa shape index (κ1) is 16.2. The molecule has 3 aromatic rings. The highest BCUT2D eigenvalue weighted by atomic mass is 32.1. The molecule has 8 heteroatoms. The maximum Gasteiger partial charge on any atom is 0.260 e. The van der Waals surface area contributed by atoms with E-state index in [-0.39, 0.29) is 0 Å². The van der Waals surface area contributed by atoms with Gasteiger partial charge in [-0.25, -0.2) is 4.98 Å². The predicted octanol–water partition coefficient (Wildman–Crippen LogP) is 2.71. The molecule has 1 aliphatic heterocycles. The van der Waals surface area contributed by atoms with Gasteiger partial charge in [0.15, 0.2) is 0 Å². The van der Waals surface area contributed by atoms with E-state index in [0.29, 0.717) is 11.7 Å². The lowest BCUT2D eigenvalue weighted by Gasteiger charge is -2.21. The minimum atomic E-state index is 0.501. The van der Waals surface area contributed by atoms with Crippen LogP contribution in [0, 0.1) is 6.92 Å². The van der Waals surface area contributed by atoms with Gasteiger partial charge in [-0.3, -0.25) is 0 Å². The normalized spacial score (nSPS) is 16.2. The van der Waals surface area contributed by atoms with Crippen molar-refractivity contribution >= 4 is 17.4 Å². The van der Waals surface area contributed by atoms with Crippen LogP contribution in [0.4, 0.5) is 5.82 Å². The average Bonchev–Trinajstić information content (AvgIpc) is 3.21. The summed E-state index contributed by atoms with van der Waals surface area (Å²) < 4.78 is 9.62. The van der Waals surface area contributed by atoms with E-state index in [0.717, 1.165) is 55.2 Å². The number of likely N-dealkylation sites (N-methyl/N-ethyl adjacent to an activating group) is 1. The lowest BCUT2D eigenvalue weighted by atomic mass is 10.2. The summed E-state index contributed by atoms with van der Waals surface area (Å²) in [5.74, 6) is 2.05. The SMILES string of the molecule is Cc1nscc1-c1nc(-c2ccc(N3CCCN(C)CC3)nc2)no1. The van der Waals surface area contributed by atoms with E-state index in [1.807, 2.05) is 30.6 Å². The van der Waals surface area contributed by atoms with E-state index < -0.39 is 0 Å². The topological polar surface area (TPSA) is 71.2 Å². The summed E-state index contributed by atoms with van der Waals surface area (Å²) >= 11 is 1.39. The second-order valence-electron chi connectivity index (χ2n) is 6.29. The van der Waals surface area contributed by atoms with Crippen molar-refractivity contribution in [3.63, 3.8) is 0 Å². The van der Waals surface area contributed by atoms with E-state index in [9.17, 15) is 0 Å². The molecule has 1 saturated heterocycles. The van der Waals surface area contributed by atoms with Crippen molar-refractivity contribution in [2.24, 2.45) is 0 Å². The average molecular weight is 356 g/mol. The van der Waals surface area contributed by atoms with Gasteiger partial charge in [-0.1, -0.05) is 5.16 Å². The molecule has 1 aliphatic rings. The van der Waals surface area contributed by atoms with Crippen molar-refractivity contribution in [3.8, 4) is 22.8 Å². The molecule has 0 N–H and O–H groups in total. The Kier molecular flexibility index (Phi) is 4.46. The molecule has 4 rings (SSSR count). The molecule has 3 aromatic heterocycles. The van der Waals surface area contributed by atoms with Crippen LogP contribution in [0.25, 0.3) is 22.8 Å². The summed E-state index contributed by atoms with van der Waals surface area (Å²) in [6.07, 6.45) is 2.97. The molecule has 0 unspecified atom stereocenters. The lowest BCUT2D eigenvalue weighted by Crippen LogP contribution is -2.29. The van der Waals surface area contributed by atoms with E-state index >= 15 is 0 Å². The van der Waals surface area contributed by atoms with Gasteiger partial charge in [-0.05, 0) is 50.6 Å². The van der Waals surface area contributed by atoms with E-state index in [1.165, 1.54) is 11.5 Å². The first-order valence-electron chi connectivity index (χ1n) is 8.35. The number of nitrogens with zero attached hydrogens (tertiary/aromatic N) is 6. The second-order valence-corrected chi connectivity index (χ2v) is 6.91. The molecular weight excluding hydrogens is 336 g/mol. The molecule has 0 radical (unpaired) electrons. The summed E-state index contributed by atoms with van der Waals surface area (Å²) in [5, 5.41) is 6.00. The molecular formula is C17H20N6OS. The zero-order valence-corrected chi connectivity index (χ0v) is 15.2. The number of rotatable bonds is 3. The van der Waals surface area contributed by atoms with Crippen molar-refractivity contribution in [2.75, 3.05) is 38.1 Å². The summed E-state index contributed by atoms with van der Waals surface area (Å²) in [6.45, 7) is 6.17. The smallest absolute Gasteiger partial charge is 0.260 e. The number of aromatic nitrogens is 4. The maximum absolute atomic E-state index is 5.38. The molecule has 0 aromatic carbocycles. The fourth-order valence-electron chi connectivity index (χ4n) is 2.93. The number of pyridine rings is 1. The third kappa shape index (κ3) is 3.40. The predicted molar refractivity (Wildman–Crippen MR) is 97.7 cm³/mol. The van der Waals surface area contributed by atoms with Crippen LogP contribution in [0.5, 0.6) is 0 Å². The summed E-state index contributed by atoms with van der Waals surface area (Å²) in [4.78, 5) is 13.8. The van der Waals surface area contributed by atoms with Crippen LogP contribution in [-0.2, 0) is 0 Å². The van der Waals surface area contributed by atoms with Crippen LogP contribution in [0.3, 0.4) is 0 Å². The number of hydrogen-bond acceptors (Lipinski definition) is 8. The Hall–Kier alpha value is -2.32. The Labute approximate surface area is 150 Å². The molecule has 0 amide bonds. The van der Waals surface area contributed by atoms with Crippen LogP contribution < -0.4 is 4.90 Å². The highest BCUT2D eigenvalue weighted by Crippen LogP contribution is 2.26. The first-order valence-corrected chi connectivity index (χ1v) is 9.19. The fourth-order valence-corrected chi connectivity index (χ4v) is 3.61. The highest BCUT2D eigenvalue weighted by Gasteiger charge is 2.16. The van der Waals surface area contributed by atoms with Gasteiger partial charge in [0.05, 0.1) is 11.3 Å². The third-order valence-electron chi connectivity index (χ3n) is 4.46. The molecule has 130 valence electrons. The Morgan fingerprint density at radius 2 is 2.08 bits per heavy atom. The summed E-state index contributed by atoms with van der Waals surface area (Å²) in [5.41, 5.74) is 2.65. The van der Waals surface area contributed by atoms with Crippen molar-refractivity contribution in [2.45, 2.75) is 13.3 Å². The van der Waals surface area contributed by atoms with Gasteiger partial charge >= 0.3 is 0 Å². The first-order chi connectivity index (χ1) is 12.2. The number of aryl methyl sites for hydroxylation is 1. The fraction of sp³-hybridized carbons (Fsp3) is 0.412. The molecule has 4 heterocycles. The van der Waals surface area contributed by atoms with Gasteiger partial charge in [-0.15, -0.1) is 0 Å². The van der Waals surface area contributed by atoms with E-state index in [1.54, 1.807) is 0 Å². The van der Waals surface area contributed by atoms with Crippen LogP contribution in [0.15, 0.2) is 28.2 Å². The number of anilines is 1. The highest BCUT2D eigenvalue weighted by molar-refractivity contribution is 7.04. The molecule has 25 heavy (non-hydrogen) atoms. The number of hydrogen-bond donors (Lipinski definition) is 0. The zero-order chi connectivity index (χ0) is 17.2. The minimum Gasteiger partial charge on any atom is -0.355 e. The van der Waals surface area contributed by atoms with Crippen molar-refractivity contribution < 1.29 is 4.52 Å². The minimum absolute atomic E-state index is 0.501. The van der Waals surface area contributed by atoms with Crippen LogP contribution in [0.2, 0.25) is 0 Å². The molecule has 0 atom stereocenters. The van der Waals surface area contributed by atoms with Crippen molar-refractivity contribution in [1.82, 2.24) is 24.4 Å². The van der Waals surface area contributed by atoms with E-state index in [2.05, 4.69) is 36.3 Å². The molecule has 7 nitrogen and oxygen atoms in total. The van der Waals surface area contributed by atoms with Gasteiger partial charge in [0.2, 0.25) is 5.82 Å². The van der Waals surface area contributed by atoms with Crippen molar-refractivity contribution in [3.05, 3.63) is 29.4 Å². The van der Waals surface area contributed by atoms with Crippen LogP contribution in [-0.4, -0.2) is 57.6 Å². The Morgan fingerprint density at radius 1 is 1.16 bits per heavy atom. The van der Waals surface area contributed by atoms with Gasteiger partial charge in [0.1, 0.15) is 5.82 Å². The van der Waals surface area contributed by atoms with Gasteiger partial charge in [0, 0.05) is 36.8 Å². The maximum atomic E-state index is 5.38. The molecule has 0 saturated carbocycles. The quantitative estimate of drug-likeness (QED) is 0.714. The Balaban J connectivity index is 1.52. The van der Waals surface area contributed by atoms with Gasteiger partial charge in [-0.2, -0.15) is 9.36 Å². The van der Waals surface area contributed by atoms with E-state index in [4.69, 9.17) is 4.52 Å². The summed E-state index contributed by atoms with van der Waals surface area (Å²) in [7, 11) is 2.17. The Bertz CT molecular complexity index is 843. The van der Waals surface area contributed by atoms with Crippen molar-refractivity contribution in [1.29, 1.82) is 0 Å². The monoisotopic (exact) mass is 356 g/mol. The van der Waals surface area contributed by atoms with Crippen LogP contribution in [0.1, 0.15) is 12.1 Å². The zero-order valence-electron chi connectivity index (χ0n) is 14.3. The third-order valence-corrected chi connectivity index (χ3v) is 5.18. The van der Waals surface area contributed by atoms with Gasteiger partial charge < -0.3 is 14.3 Å². The molecule has 0 bridgehead atoms. The van der Waals surface area contributed by atoms with Crippen LogP contribution >= 0.6 is 11.5 Å².